The normalized spacial score (nSPS) is 9.64. The molecule has 0 aliphatic carbocycles. The monoisotopic (exact) mass is 203 g/mol. The van der Waals surface area contributed by atoms with Crippen LogP contribution in [0, 0.1) is 0 Å². The maximum Gasteiger partial charge on any atom is 0.184 e. The Balaban J connectivity index is 2.43. The zero-order valence-electron chi connectivity index (χ0n) is 9.12. The molecule has 14 heavy (non-hydrogen) atoms. The third-order valence-corrected chi connectivity index (χ3v) is 3.10. The second kappa shape index (κ2) is 5.65. The summed E-state index contributed by atoms with van der Waals surface area (Å²) in [6, 6.07) is 11.7. The van der Waals surface area contributed by atoms with Gasteiger partial charge >= 0.3 is 0 Å². The van der Waals surface area contributed by atoms with E-state index in [1.54, 1.807) is 0 Å². The molecule has 0 N–H and O–H groups in total. The quantitative estimate of drug-likeness (QED) is 0.537. The van der Waals surface area contributed by atoms with E-state index in [4.69, 9.17) is 0 Å². The van der Waals surface area contributed by atoms with E-state index in [1.165, 1.54) is 11.3 Å². The first-order valence-electron chi connectivity index (χ1n) is 4.86. The lowest BCUT2D eigenvalue weighted by Crippen LogP contribution is -2.21. The number of nitrogens with zero attached hydrogens (tertiary/aromatic N) is 1. The largest absolute Gasteiger partial charge is 0.401 e. The Bertz CT molecular complexity index is 288. The molecule has 2 heteroatoms. The van der Waals surface area contributed by atoms with Crippen LogP contribution in [0.3, 0.4) is 0 Å². The number of hydrogen-bond donors (Lipinski definition) is 0. The Kier molecular flexibility index (Phi) is 4.46. The second-order valence-corrected chi connectivity index (χ2v) is 4.93. The van der Waals surface area contributed by atoms with Crippen molar-refractivity contribution >= 4 is 15.4 Å². The smallest absolute Gasteiger partial charge is 0.184 e. The van der Waals surface area contributed by atoms with E-state index in [1.807, 2.05) is 0 Å². The molecule has 0 amide bonds. The van der Waals surface area contributed by atoms with Gasteiger partial charge in [-0.3, -0.25) is 0 Å². The molecule has 0 saturated heterocycles. The van der Waals surface area contributed by atoms with Crippen LogP contribution >= 0.6 is 0 Å². The highest BCUT2D eigenvalue weighted by atomic mass is 28.2. The van der Waals surface area contributed by atoms with Gasteiger partial charge in [-0.1, -0.05) is 29.8 Å². The molecule has 0 spiro atoms. The molecular weight excluding hydrogens is 186 g/mol. The Morgan fingerprint density at radius 1 is 1.29 bits per heavy atom. The molecule has 1 aromatic carbocycles. The molecule has 0 saturated carbocycles. The standard InChI is InChI=1S/C12H17NSi/c1-11(2)9-10-14-13(3)12-7-5-4-6-8-12/h4-9H,10H2,1-3H3. The van der Waals surface area contributed by atoms with E-state index in [2.05, 4.69) is 61.9 Å². The van der Waals surface area contributed by atoms with Crippen LogP contribution < -0.4 is 4.57 Å². The molecule has 0 aliphatic heterocycles. The van der Waals surface area contributed by atoms with Crippen LogP contribution in [-0.2, 0) is 0 Å². The van der Waals surface area contributed by atoms with Crippen molar-refractivity contribution in [1.29, 1.82) is 0 Å². The van der Waals surface area contributed by atoms with Crippen molar-refractivity contribution in [2.75, 3.05) is 11.6 Å². The number of rotatable bonds is 4. The van der Waals surface area contributed by atoms with Crippen LogP contribution in [0.2, 0.25) is 6.04 Å². The molecule has 2 radical (unpaired) electrons. The van der Waals surface area contributed by atoms with Gasteiger partial charge in [0.05, 0.1) is 0 Å². The molecule has 0 bridgehead atoms. The molecule has 0 fully saturated rings. The molecular formula is C12H17NSi. The van der Waals surface area contributed by atoms with Crippen LogP contribution in [0.5, 0.6) is 0 Å². The van der Waals surface area contributed by atoms with Gasteiger partial charge < -0.3 is 4.57 Å². The summed E-state index contributed by atoms with van der Waals surface area (Å²) in [4.78, 5) is 0. The van der Waals surface area contributed by atoms with Gasteiger partial charge in [0.15, 0.2) is 9.68 Å². The molecule has 1 nitrogen and oxygen atoms in total. The van der Waals surface area contributed by atoms with Gasteiger partial charge in [-0.05, 0) is 39.1 Å². The van der Waals surface area contributed by atoms with Gasteiger partial charge in [0.25, 0.3) is 0 Å². The van der Waals surface area contributed by atoms with E-state index in [0.29, 0.717) is 0 Å². The third kappa shape index (κ3) is 3.79. The summed E-state index contributed by atoms with van der Waals surface area (Å²) in [5, 5.41) is 0. The van der Waals surface area contributed by atoms with Crippen molar-refractivity contribution in [2.24, 2.45) is 0 Å². The summed E-state index contributed by atoms with van der Waals surface area (Å²) in [7, 11) is 2.98. The summed E-state index contributed by atoms with van der Waals surface area (Å²) in [5.74, 6) is 0. The Morgan fingerprint density at radius 3 is 2.50 bits per heavy atom. The van der Waals surface area contributed by atoms with Gasteiger partial charge in [0.1, 0.15) is 0 Å². The molecule has 0 aromatic heterocycles. The van der Waals surface area contributed by atoms with Crippen molar-refractivity contribution in [3.63, 3.8) is 0 Å². The molecule has 1 aromatic rings. The third-order valence-electron chi connectivity index (χ3n) is 1.98. The highest BCUT2D eigenvalue weighted by molar-refractivity contribution is 6.41. The molecule has 0 unspecified atom stereocenters. The Morgan fingerprint density at radius 2 is 1.93 bits per heavy atom. The fourth-order valence-corrected chi connectivity index (χ4v) is 2.23. The molecule has 0 aliphatic rings. The van der Waals surface area contributed by atoms with Crippen molar-refractivity contribution in [3.8, 4) is 0 Å². The van der Waals surface area contributed by atoms with Gasteiger partial charge in [-0.2, -0.15) is 0 Å². The van der Waals surface area contributed by atoms with Crippen LogP contribution in [-0.4, -0.2) is 16.7 Å². The average Bonchev–Trinajstić information content (AvgIpc) is 2.18. The van der Waals surface area contributed by atoms with Gasteiger partial charge in [-0.15, -0.1) is 0 Å². The summed E-state index contributed by atoms with van der Waals surface area (Å²) < 4.78 is 2.31. The molecule has 0 heterocycles. The Labute approximate surface area is 89.3 Å². The summed E-state index contributed by atoms with van der Waals surface area (Å²) in [5.41, 5.74) is 2.70. The second-order valence-electron chi connectivity index (χ2n) is 3.54. The minimum Gasteiger partial charge on any atom is -0.401 e. The predicted octanol–water partition coefficient (Wildman–Crippen LogP) is 3.13. The lowest BCUT2D eigenvalue weighted by molar-refractivity contribution is 1.29. The zero-order valence-corrected chi connectivity index (χ0v) is 10.1. The van der Waals surface area contributed by atoms with Crippen LogP contribution in [0.4, 0.5) is 5.69 Å². The maximum absolute atomic E-state index is 2.31. The first-order chi connectivity index (χ1) is 6.70. The van der Waals surface area contributed by atoms with Crippen molar-refractivity contribution < 1.29 is 0 Å². The van der Waals surface area contributed by atoms with E-state index < -0.39 is 0 Å². The fraction of sp³-hybridized carbons (Fsp3) is 0.333. The minimum atomic E-state index is 0.833. The minimum absolute atomic E-state index is 0.833. The van der Waals surface area contributed by atoms with E-state index >= 15 is 0 Å². The summed E-state index contributed by atoms with van der Waals surface area (Å²) in [6.45, 7) is 4.29. The van der Waals surface area contributed by atoms with Gasteiger partial charge in [0, 0.05) is 5.69 Å². The van der Waals surface area contributed by atoms with E-state index in [-0.39, 0.29) is 0 Å². The first-order valence-corrected chi connectivity index (χ1v) is 6.01. The molecule has 1 rings (SSSR count). The summed E-state index contributed by atoms with van der Waals surface area (Å²) >= 11 is 0. The maximum atomic E-state index is 2.31. The number of anilines is 1. The average molecular weight is 203 g/mol. The Hall–Kier alpha value is -1.02. The predicted molar refractivity (Wildman–Crippen MR) is 64.8 cm³/mol. The highest BCUT2D eigenvalue weighted by Crippen LogP contribution is 2.10. The van der Waals surface area contributed by atoms with Crippen LogP contribution in [0.1, 0.15) is 13.8 Å². The lowest BCUT2D eigenvalue weighted by Gasteiger charge is -2.17. The molecule has 0 atom stereocenters. The highest BCUT2D eigenvalue weighted by Gasteiger charge is 1.98. The van der Waals surface area contributed by atoms with Crippen molar-refractivity contribution in [3.05, 3.63) is 42.0 Å². The van der Waals surface area contributed by atoms with Crippen LogP contribution in [0.15, 0.2) is 42.0 Å². The SMILES string of the molecule is CC(C)=CC[Si]N(C)c1ccccc1. The lowest BCUT2D eigenvalue weighted by atomic mass is 10.3. The first kappa shape index (κ1) is 11.1. The molecule has 74 valence electrons. The fourth-order valence-electron chi connectivity index (χ4n) is 1.13. The van der Waals surface area contributed by atoms with Crippen molar-refractivity contribution in [2.45, 2.75) is 19.9 Å². The van der Waals surface area contributed by atoms with Crippen molar-refractivity contribution in [1.82, 2.24) is 0 Å². The topological polar surface area (TPSA) is 3.24 Å². The van der Waals surface area contributed by atoms with E-state index in [9.17, 15) is 0 Å². The van der Waals surface area contributed by atoms with Gasteiger partial charge in [0.2, 0.25) is 0 Å². The van der Waals surface area contributed by atoms with Crippen LogP contribution in [0.25, 0.3) is 0 Å². The number of para-hydroxylation sites is 1. The number of hydrogen-bond acceptors (Lipinski definition) is 1. The summed E-state index contributed by atoms with van der Waals surface area (Å²) in [6.07, 6.45) is 2.29. The van der Waals surface area contributed by atoms with E-state index in [0.717, 1.165) is 15.7 Å². The number of benzene rings is 1. The van der Waals surface area contributed by atoms with Gasteiger partial charge in [-0.25, -0.2) is 0 Å². The zero-order chi connectivity index (χ0) is 10.4. The number of allylic oxidation sites excluding steroid dienone is 2.